The topological polar surface area (TPSA) is 80.0 Å². The summed E-state index contributed by atoms with van der Waals surface area (Å²) in [6.45, 7) is 6.34. The summed E-state index contributed by atoms with van der Waals surface area (Å²) in [5, 5.41) is 9.23. The lowest BCUT2D eigenvalue weighted by atomic mass is 9.77. The summed E-state index contributed by atoms with van der Waals surface area (Å²) in [6, 6.07) is 6.23. The number of anilines is 1. The number of carboxylic acid groups (broad SMARTS) is 1. The predicted octanol–water partition coefficient (Wildman–Crippen LogP) is 4.46. The van der Waals surface area contributed by atoms with Gasteiger partial charge in [0.25, 0.3) is 5.95 Å². The Morgan fingerprint density at radius 2 is 2.04 bits per heavy atom. The number of carboxylic acids is 1. The van der Waals surface area contributed by atoms with Crippen LogP contribution >= 0.6 is 11.6 Å². The SMILES string of the molecule is CC(=O)N1CCC(C)(C)c2cc(Oc3ccc(C(=O)O)o3)c(Cl)cc21. The van der Waals surface area contributed by atoms with Crippen LogP contribution in [0.25, 0.3) is 0 Å². The molecule has 0 bridgehead atoms. The number of nitrogens with zero attached hydrogens (tertiary/aromatic N) is 1. The van der Waals surface area contributed by atoms with Gasteiger partial charge in [0.2, 0.25) is 11.7 Å². The van der Waals surface area contributed by atoms with E-state index >= 15 is 0 Å². The highest BCUT2D eigenvalue weighted by Gasteiger charge is 2.34. The van der Waals surface area contributed by atoms with Gasteiger partial charge >= 0.3 is 5.97 Å². The average Bonchev–Trinajstić information content (AvgIpc) is 2.97. The molecule has 1 aliphatic heterocycles. The summed E-state index contributed by atoms with van der Waals surface area (Å²) < 4.78 is 10.7. The fourth-order valence-corrected chi connectivity index (χ4v) is 3.15. The number of aromatic carboxylic acids is 1. The molecule has 0 fully saturated rings. The predicted molar refractivity (Wildman–Crippen MR) is 92.9 cm³/mol. The van der Waals surface area contributed by atoms with Gasteiger partial charge in [-0.15, -0.1) is 0 Å². The minimum Gasteiger partial charge on any atom is -0.475 e. The Bertz CT molecular complexity index is 855. The Hall–Kier alpha value is -2.47. The van der Waals surface area contributed by atoms with Crippen LogP contribution in [-0.4, -0.2) is 23.5 Å². The van der Waals surface area contributed by atoms with E-state index in [1.165, 1.54) is 19.1 Å². The van der Waals surface area contributed by atoms with Crippen LogP contribution in [0.3, 0.4) is 0 Å². The van der Waals surface area contributed by atoms with E-state index < -0.39 is 5.97 Å². The second kappa shape index (κ2) is 6.11. The molecule has 1 N–H and O–H groups in total. The fraction of sp³-hybridized carbons (Fsp3) is 0.333. The van der Waals surface area contributed by atoms with Gasteiger partial charge < -0.3 is 19.2 Å². The molecular formula is C18H18ClNO5. The lowest BCUT2D eigenvalue weighted by molar-refractivity contribution is -0.116. The van der Waals surface area contributed by atoms with Gasteiger partial charge in [-0.2, -0.15) is 0 Å². The quantitative estimate of drug-likeness (QED) is 0.870. The molecule has 0 saturated carbocycles. The normalized spacial score (nSPS) is 15.6. The molecule has 132 valence electrons. The Labute approximate surface area is 149 Å². The Kier molecular flexibility index (Phi) is 4.24. The van der Waals surface area contributed by atoms with Crippen molar-refractivity contribution in [3.05, 3.63) is 40.6 Å². The molecule has 0 spiro atoms. The molecule has 25 heavy (non-hydrogen) atoms. The summed E-state index contributed by atoms with van der Waals surface area (Å²) in [6.07, 6.45) is 0.810. The highest BCUT2D eigenvalue weighted by molar-refractivity contribution is 6.32. The first-order chi connectivity index (χ1) is 11.7. The number of furan rings is 1. The van der Waals surface area contributed by atoms with Crippen LogP contribution < -0.4 is 9.64 Å². The molecule has 1 aromatic carbocycles. The third-order valence-corrected chi connectivity index (χ3v) is 4.71. The minimum absolute atomic E-state index is 0.0382. The molecule has 0 radical (unpaired) electrons. The second-order valence-corrected chi connectivity index (χ2v) is 7.04. The maximum atomic E-state index is 11.9. The summed E-state index contributed by atoms with van der Waals surface area (Å²) in [4.78, 5) is 24.5. The van der Waals surface area contributed by atoms with E-state index in [1.807, 2.05) is 0 Å². The van der Waals surface area contributed by atoms with Crippen LogP contribution in [0.5, 0.6) is 11.7 Å². The van der Waals surface area contributed by atoms with E-state index in [-0.39, 0.29) is 23.0 Å². The number of rotatable bonds is 3. The molecule has 7 heteroatoms. The van der Waals surface area contributed by atoms with Crippen molar-refractivity contribution in [2.24, 2.45) is 0 Å². The number of fused-ring (bicyclic) bond motifs is 1. The largest absolute Gasteiger partial charge is 0.475 e. The van der Waals surface area contributed by atoms with Crippen LogP contribution in [0.2, 0.25) is 5.02 Å². The van der Waals surface area contributed by atoms with Crippen LogP contribution in [0.4, 0.5) is 5.69 Å². The van der Waals surface area contributed by atoms with E-state index in [0.29, 0.717) is 17.3 Å². The summed E-state index contributed by atoms with van der Waals surface area (Å²) in [5.41, 5.74) is 1.56. The number of benzene rings is 1. The molecule has 1 aliphatic rings. The third kappa shape index (κ3) is 3.22. The van der Waals surface area contributed by atoms with Gasteiger partial charge in [0.05, 0.1) is 5.02 Å². The van der Waals surface area contributed by atoms with Crippen molar-refractivity contribution in [2.45, 2.75) is 32.6 Å². The molecule has 0 saturated heterocycles. The van der Waals surface area contributed by atoms with Crippen molar-refractivity contribution in [1.82, 2.24) is 0 Å². The van der Waals surface area contributed by atoms with Crippen LogP contribution in [-0.2, 0) is 10.2 Å². The zero-order chi connectivity index (χ0) is 18.4. The molecule has 0 atom stereocenters. The molecule has 0 unspecified atom stereocenters. The van der Waals surface area contributed by atoms with Crippen molar-refractivity contribution >= 4 is 29.2 Å². The lowest BCUT2D eigenvalue weighted by Crippen LogP contribution is -2.39. The zero-order valence-electron chi connectivity index (χ0n) is 14.1. The van der Waals surface area contributed by atoms with Gasteiger partial charge in [0, 0.05) is 25.2 Å². The summed E-state index contributed by atoms with van der Waals surface area (Å²) in [7, 11) is 0. The Morgan fingerprint density at radius 1 is 1.32 bits per heavy atom. The molecule has 6 nitrogen and oxygen atoms in total. The monoisotopic (exact) mass is 363 g/mol. The standard InChI is InChI=1S/C18H18ClNO5/c1-10(21)20-7-6-18(2,3)11-8-15(12(19)9-13(11)20)25-16-5-4-14(24-16)17(22)23/h4-5,8-9H,6-7H2,1-3H3,(H,22,23). The number of hydrogen-bond donors (Lipinski definition) is 1. The molecule has 2 heterocycles. The highest BCUT2D eigenvalue weighted by Crippen LogP contribution is 2.45. The number of carbonyl (C=O) groups is 2. The molecule has 2 aromatic rings. The first-order valence-corrected chi connectivity index (χ1v) is 8.20. The van der Waals surface area contributed by atoms with Crippen LogP contribution in [0.1, 0.15) is 43.3 Å². The van der Waals surface area contributed by atoms with Crippen molar-refractivity contribution in [1.29, 1.82) is 0 Å². The van der Waals surface area contributed by atoms with Gasteiger partial charge in [0.15, 0.2) is 0 Å². The minimum atomic E-state index is -1.18. The van der Waals surface area contributed by atoms with Crippen molar-refractivity contribution in [2.75, 3.05) is 11.4 Å². The first-order valence-electron chi connectivity index (χ1n) is 7.82. The smallest absolute Gasteiger partial charge is 0.371 e. The van der Waals surface area contributed by atoms with Crippen molar-refractivity contribution in [3.8, 4) is 11.7 Å². The third-order valence-electron chi connectivity index (χ3n) is 4.41. The number of carbonyl (C=O) groups excluding carboxylic acids is 1. The first kappa shape index (κ1) is 17.4. The van der Waals surface area contributed by atoms with Gasteiger partial charge in [0.1, 0.15) is 5.75 Å². The molecule has 3 rings (SSSR count). The van der Waals surface area contributed by atoms with E-state index in [9.17, 15) is 9.59 Å². The summed E-state index contributed by atoms with van der Waals surface area (Å²) >= 11 is 6.32. The molecule has 1 amide bonds. The van der Waals surface area contributed by atoms with E-state index in [1.54, 1.807) is 17.0 Å². The Morgan fingerprint density at radius 3 is 2.64 bits per heavy atom. The van der Waals surface area contributed by atoms with Gasteiger partial charge in [-0.1, -0.05) is 25.4 Å². The van der Waals surface area contributed by atoms with Gasteiger partial charge in [-0.05, 0) is 35.6 Å². The number of halogens is 1. The number of hydrogen-bond acceptors (Lipinski definition) is 4. The Balaban J connectivity index is 2.01. The molecular weight excluding hydrogens is 346 g/mol. The fourth-order valence-electron chi connectivity index (χ4n) is 2.96. The van der Waals surface area contributed by atoms with Crippen LogP contribution in [0.15, 0.2) is 28.7 Å². The second-order valence-electron chi connectivity index (χ2n) is 6.63. The van der Waals surface area contributed by atoms with Gasteiger partial charge in [-0.3, -0.25) is 4.79 Å². The van der Waals surface area contributed by atoms with Gasteiger partial charge in [-0.25, -0.2) is 4.79 Å². The maximum Gasteiger partial charge on any atom is 0.371 e. The maximum absolute atomic E-state index is 11.9. The van der Waals surface area contributed by atoms with Crippen molar-refractivity contribution in [3.63, 3.8) is 0 Å². The molecule has 0 aliphatic carbocycles. The highest BCUT2D eigenvalue weighted by atomic mass is 35.5. The van der Waals surface area contributed by atoms with E-state index in [0.717, 1.165) is 17.7 Å². The average molecular weight is 364 g/mol. The van der Waals surface area contributed by atoms with E-state index in [4.69, 9.17) is 25.9 Å². The van der Waals surface area contributed by atoms with Crippen LogP contribution in [0, 0.1) is 0 Å². The summed E-state index contributed by atoms with van der Waals surface area (Å²) in [5.74, 6) is -1.04. The number of ether oxygens (including phenoxy) is 1. The lowest BCUT2D eigenvalue weighted by Gasteiger charge is -2.39. The molecule has 1 aromatic heterocycles. The van der Waals surface area contributed by atoms with E-state index in [2.05, 4.69) is 13.8 Å². The zero-order valence-corrected chi connectivity index (χ0v) is 14.9. The number of amides is 1. The van der Waals surface area contributed by atoms with Crippen molar-refractivity contribution < 1.29 is 23.8 Å².